The fourth-order valence-corrected chi connectivity index (χ4v) is 4.90. The van der Waals surface area contributed by atoms with Crippen LogP contribution in [-0.4, -0.2) is 23.7 Å². The van der Waals surface area contributed by atoms with Crippen molar-refractivity contribution < 1.29 is 19.4 Å². The van der Waals surface area contributed by atoms with Gasteiger partial charge < -0.3 is 9.84 Å². The molecule has 37 heavy (non-hydrogen) atoms. The zero-order valence-corrected chi connectivity index (χ0v) is 24.4. The Morgan fingerprint density at radius 1 is 0.676 bits per heavy atom. The summed E-state index contributed by atoms with van der Waals surface area (Å²) < 4.78 is 4.91. The number of rotatable bonds is 29. The average molecular weight is 521 g/mol. The van der Waals surface area contributed by atoms with Crippen molar-refractivity contribution in [2.75, 3.05) is 6.61 Å². The first kappa shape index (κ1) is 35.4. The van der Waals surface area contributed by atoms with E-state index in [9.17, 15) is 14.7 Å². The number of carboxylic acids is 1. The Kier molecular flexibility index (Phi) is 27.7. The van der Waals surface area contributed by atoms with Crippen LogP contribution in [0.3, 0.4) is 0 Å². The molecule has 4 heteroatoms. The molecule has 0 aromatic rings. The van der Waals surface area contributed by atoms with Crippen LogP contribution in [0.25, 0.3) is 0 Å². The molecule has 4 nitrogen and oxygen atoms in total. The van der Waals surface area contributed by atoms with Crippen molar-refractivity contribution in [2.24, 2.45) is 5.92 Å². The first-order valence-corrected chi connectivity index (χ1v) is 15.7. The van der Waals surface area contributed by atoms with Crippen LogP contribution in [0.15, 0.2) is 24.8 Å². The van der Waals surface area contributed by atoms with Gasteiger partial charge in [-0.2, -0.15) is 0 Å². The van der Waals surface area contributed by atoms with E-state index in [-0.39, 0.29) is 13.0 Å². The topological polar surface area (TPSA) is 63.6 Å². The van der Waals surface area contributed by atoms with Crippen LogP contribution in [0, 0.1) is 5.92 Å². The van der Waals surface area contributed by atoms with Crippen LogP contribution in [0.4, 0.5) is 0 Å². The third-order valence-corrected chi connectivity index (χ3v) is 7.28. The number of ether oxygens (including phenoxy) is 1. The second-order valence-electron chi connectivity index (χ2n) is 10.8. The van der Waals surface area contributed by atoms with E-state index in [0.717, 1.165) is 19.3 Å². The Bertz CT molecular complexity index is 555. The van der Waals surface area contributed by atoms with Crippen LogP contribution in [-0.2, 0) is 14.3 Å². The molecule has 0 aliphatic rings. The molecule has 0 saturated carbocycles. The lowest BCUT2D eigenvalue weighted by atomic mass is 9.97. The highest BCUT2D eigenvalue weighted by molar-refractivity contribution is 5.78. The number of allylic oxidation sites excluding steroid dienone is 2. The zero-order chi connectivity index (χ0) is 27.2. The minimum Gasteiger partial charge on any atom is -0.481 e. The number of esters is 1. The normalized spacial score (nSPS) is 12.1. The fourth-order valence-electron chi connectivity index (χ4n) is 4.90. The number of carboxylic acid groups (broad SMARTS) is 1. The van der Waals surface area contributed by atoms with E-state index in [4.69, 9.17) is 4.74 Å². The van der Waals surface area contributed by atoms with Crippen molar-refractivity contribution in [3.05, 3.63) is 24.8 Å². The smallest absolute Gasteiger partial charge is 0.307 e. The van der Waals surface area contributed by atoms with Gasteiger partial charge in [-0.25, -0.2) is 0 Å². The summed E-state index contributed by atoms with van der Waals surface area (Å²) >= 11 is 0. The summed E-state index contributed by atoms with van der Waals surface area (Å²) in [6.45, 7) is 5.74. The molecule has 0 radical (unpaired) electrons. The number of carbonyl (C=O) groups excluding carboxylic acids is 1. The summed E-state index contributed by atoms with van der Waals surface area (Å²) in [7, 11) is 0. The average Bonchev–Trinajstić information content (AvgIpc) is 2.89. The molecule has 0 aromatic heterocycles. The summed E-state index contributed by atoms with van der Waals surface area (Å²) in [5.41, 5.74) is 0. The lowest BCUT2D eigenvalue weighted by Crippen LogP contribution is -2.19. The minimum atomic E-state index is -0.900. The maximum absolute atomic E-state index is 11.6. The van der Waals surface area contributed by atoms with Gasteiger partial charge in [-0.3, -0.25) is 9.59 Å². The van der Waals surface area contributed by atoms with Crippen molar-refractivity contribution >= 4 is 11.9 Å². The first-order valence-electron chi connectivity index (χ1n) is 15.7. The lowest BCUT2D eigenvalue weighted by molar-refractivity contribution is -0.151. The number of hydrogen-bond donors (Lipinski definition) is 1. The third kappa shape index (κ3) is 27.3. The van der Waals surface area contributed by atoms with Gasteiger partial charge in [0.2, 0.25) is 0 Å². The van der Waals surface area contributed by atoms with Gasteiger partial charge in [-0.15, -0.1) is 0 Å². The van der Waals surface area contributed by atoms with Crippen LogP contribution in [0.1, 0.15) is 161 Å². The van der Waals surface area contributed by atoms with Gasteiger partial charge in [-0.1, -0.05) is 153 Å². The highest BCUT2D eigenvalue weighted by Crippen LogP contribution is 2.18. The van der Waals surface area contributed by atoms with Gasteiger partial charge >= 0.3 is 11.9 Å². The molecular weight excluding hydrogens is 460 g/mol. The van der Waals surface area contributed by atoms with Crippen molar-refractivity contribution in [1.82, 2.24) is 0 Å². The van der Waals surface area contributed by atoms with Gasteiger partial charge in [0.25, 0.3) is 0 Å². The van der Waals surface area contributed by atoms with Crippen molar-refractivity contribution in [3.8, 4) is 0 Å². The third-order valence-electron chi connectivity index (χ3n) is 7.28. The van der Waals surface area contributed by atoms with E-state index in [0.29, 0.717) is 6.42 Å². The molecule has 1 unspecified atom stereocenters. The minimum absolute atomic E-state index is 0.0406. The standard InChI is InChI=1S/C33H60O4/c1-3-5-6-7-8-9-10-11-12-13-14-15-16-17-18-19-20-21-22-23-24-25-26-27-28-31(33(35)36)30-32(34)37-29-4-2/h3-5,31H,2,6-30H2,1H3,(H,35,36)/b5-3+. The van der Waals surface area contributed by atoms with Gasteiger partial charge in [-0.05, 0) is 26.2 Å². The SMILES string of the molecule is C=CCOC(=O)CC(CCCCCCCCCCCCCCCCCCCCCCC/C=C/C)C(=O)O. The molecule has 0 aliphatic carbocycles. The molecule has 0 aromatic carbocycles. The van der Waals surface area contributed by atoms with Crippen LogP contribution >= 0.6 is 0 Å². The second kappa shape index (κ2) is 29.0. The number of aliphatic carboxylic acids is 1. The molecule has 0 bridgehead atoms. The van der Waals surface area contributed by atoms with E-state index in [1.165, 1.54) is 128 Å². The molecule has 0 fully saturated rings. The quantitative estimate of drug-likeness (QED) is 0.0605. The molecule has 0 saturated heterocycles. The Hall–Kier alpha value is -1.58. The van der Waals surface area contributed by atoms with E-state index in [2.05, 4.69) is 25.7 Å². The van der Waals surface area contributed by atoms with E-state index < -0.39 is 17.9 Å². The molecule has 216 valence electrons. The van der Waals surface area contributed by atoms with Gasteiger partial charge in [0, 0.05) is 0 Å². The molecule has 0 amide bonds. The predicted octanol–water partition coefficient (Wildman–Crippen LogP) is 10.4. The van der Waals surface area contributed by atoms with Crippen LogP contribution in [0.2, 0.25) is 0 Å². The van der Waals surface area contributed by atoms with Gasteiger partial charge in [0.05, 0.1) is 12.3 Å². The number of carbonyl (C=O) groups is 2. The maximum Gasteiger partial charge on any atom is 0.307 e. The van der Waals surface area contributed by atoms with E-state index in [1.807, 2.05) is 0 Å². The van der Waals surface area contributed by atoms with Crippen LogP contribution < -0.4 is 0 Å². The highest BCUT2D eigenvalue weighted by atomic mass is 16.5. The summed E-state index contributed by atoms with van der Waals surface area (Å²) in [6.07, 6.45) is 35.7. The number of hydrogen-bond acceptors (Lipinski definition) is 3. The predicted molar refractivity (Wildman–Crippen MR) is 158 cm³/mol. The maximum atomic E-state index is 11.6. The molecule has 0 rings (SSSR count). The Morgan fingerprint density at radius 2 is 1.05 bits per heavy atom. The van der Waals surface area contributed by atoms with Crippen molar-refractivity contribution in [1.29, 1.82) is 0 Å². The molecule has 0 aliphatic heterocycles. The molecular formula is C33H60O4. The second-order valence-corrected chi connectivity index (χ2v) is 10.8. The summed E-state index contributed by atoms with van der Waals surface area (Å²) in [5, 5.41) is 9.30. The van der Waals surface area contributed by atoms with E-state index in [1.54, 1.807) is 0 Å². The van der Waals surface area contributed by atoms with Crippen LogP contribution in [0.5, 0.6) is 0 Å². The summed E-state index contributed by atoms with van der Waals surface area (Å²) in [6, 6.07) is 0. The molecule has 1 atom stereocenters. The Morgan fingerprint density at radius 3 is 1.41 bits per heavy atom. The lowest BCUT2D eigenvalue weighted by Gasteiger charge is -2.11. The van der Waals surface area contributed by atoms with Crippen molar-refractivity contribution in [2.45, 2.75) is 161 Å². The fraction of sp³-hybridized carbons (Fsp3) is 0.818. The summed E-state index contributed by atoms with van der Waals surface area (Å²) in [5.74, 6) is -1.98. The highest BCUT2D eigenvalue weighted by Gasteiger charge is 2.21. The molecule has 0 spiro atoms. The summed E-state index contributed by atoms with van der Waals surface area (Å²) in [4.78, 5) is 23.0. The van der Waals surface area contributed by atoms with Gasteiger partial charge in [0.15, 0.2) is 0 Å². The zero-order valence-electron chi connectivity index (χ0n) is 24.4. The monoisotopic (exact) mass is 520 g/mol. The Labute approximate surface area is 229 Å². The van der Waals surface area contributed by atoms with E-state index >= 15 is 0 Å². The van der Waals surface area contributed by atoms with Gasteiger partial charge in [0.1, 0.15) is 6.61 Å². The number of unbranched alkanes of at least 4 members (excludes halogenated alkanes) is 21. The molecule has 0 heterocycles. The Balaban J connectivity index is 3.30. The van der Waals surface area contributed by atoms with Crippen molar-refractivity contribution in [3.63, 3.8) is 0 Å². The molecule has 1 N–H and O–H groups in total. The largest absolute Gasteiger partial charge is 0.481 e. The first-order chi connectivity index (χ1) is 18.1.